The van der Waals surface area contributed by atoms with Crippen LogP contribution in [-0.2, 0) is 13.0 Å². The zero-order valence-corrected chi connectivity index (χ0v) is 9.75. The molecule has 2 N–H and O–H groups in total. The van der Waals surface area contributed by atoms with Gasteiger partial charge < -0.3 is 10.3 Å². The number of hydrogen-bond donors (Lipinski definition) is 1. The number of hydrogen-bond acceptors (Lipinski definition) is 2. The van der Waals surface area contributed by atoms with Crippen LogP contribution in [0.1, 0.15) is 33.0 Å². The number of aryl methyl sites for hydroxylation is 1. The van der Waals surface area contributed by atoms with Gasteiger partial charge in [0.15, 0.2) is 0 Å². The van der Waals surface area contributed by atoms with Crippen molar-refractivity contribution in [3.05, 3.63) is 18.2 Å². The van der Waals surface area contributed by atoms with Crippen LogP contribution in [-0.4, -0.2) is 15.1 Å². The fourth-order valence-electron chi connectivity index (χ4n) is 1.30. The molecule has 0 unspecified atom stereocenters. The number of aromatic nitrogens is 2. The highest BCUT2D eigenvalue weighted by molar-refractivity contribution is 5.16. The molecular formula is C12H19N3. The largest absolute Gasteiger partial charge is 0.334 e. The van der Waals surface area contributed by atoms with Gasteiger partial charge in [0.25, 0.3) is 0 Å². The normalized spacial score (nSPS) is 10.9. The first kappa shape index (κ1) is 11.8. The molecule has 15 heavy (non-hydrogen) atoms. The van der Waals surface area contributed by atoms with Crippen molar-refractivity contribution in [1.82, 2.24) is 9.55 Å². The molecule has 0 amide bonds. The smallest absolute Gasteiger partial charge is 0.120 e. The van der Waals surface area contributed by atoms with E-state index >= 15 is 0 Å². The zero-order chi connectivity index (χ0) is 11.3. The van der Waals surface area contributed by atoms with Gasteiger partial charge in [-0.2, -0.15) is 0 Å². The highest BCUT2D eigenvalue weighted by atomic mass is 15.1. The maximum absolute atomic E-state index is 5.77. The van der Waals surface area contributed by atoms with Gasteiger partial charge in [0, 0.05) is 18.9 Å². The number of imidazole rings is 1. The van der Waals surface area contributed by atoms with Crippen LogP contribution < -0.4 is 5.73 Å². The predicted molar refractivity (Wildman–Crippen MR) is 62.3 cm³/mol. The third-order valence-electron chi connectivity index (χ3n) is 1.92. The first-order valence-corrected chi connectivity index (χ1v) is 5.32. The van der Waals surface area contributed by atoms with Crippen LogP contribution in [0.4, 0.5) is 0 Å². The van der Waals surface area contributed by atoms with Crippen molar-refractivity contribution in [2.24, 2.45) is 5.73 Å². The molecule has 0 aromatic carbocycles. The lowest BCUT2D eigenvalue weighted by Crippen LogP contribution is -2.29. The van der Waals surface area contributed by atoms with E-state index in [1.807, 2.05) is 26.2 Å². The van der Waals surface area contributed by atoms with Gasteiger partial charge in [0.05, 0.1) is 12.0 Å². The number of rotatable bonds is 3. The lowest BCUT2D eigenvalue weighted by molar-refractivity contribution is 0.649. The maximum atomic E-state index is 5.77. The van der Waals surface area contributed by atoms with Gasteiger partial charge in [0.1, 0.15) is 5.82 Å². The maximum Gasteiger partial charge on any atom is 0.120 e. The Labute approximate surface area is 91.7 Å². The number of nitrogens with zero attached hydrogens (tertiary/aromatic N) is 2. The van der Waals surface area contributed by atoms with E-state index in [9.17, 15) is 0 Å². The summed E-state index contributed by atoms with van der Waals surface area (Å²) in [5.41, 5.74) is 5.36. The molecule has 1 aromatic heterocycles. The average Bonchev–Trinajstić information content (AvgIpc) is 2.51. The molecule has 1 rings (SSSR count). The van der Waals surface area contributed by atoms with Crippen molar-refractivity contribution in [3.8, 4) is 11.8 Å². The van der Waals surface area contributed by atoms with Crippen LogP contribution in [0.2, 0.25) is 0 Å². The van der Waals surface area contributed by atoms with Crippen LogP contribution in [0.15, 0.2) is 12.4 Å². The molecule has 0 aliphatic rings. The SMILES string of the molecule is CCCn1ccnc1CC#CC(C)(C)N. The molecule has 0 radical (unpaired) electrons. The minimum absolute atomic E-state index is 0.415. The Kier molecular flexibility index (Phi) is 3.93. The lowest BCUT2D eigenvalue weighted by atomic mass is 10.1. The number of nitrogens with two attached hydrogens (primary N) is 1. The van der Waals surface area contributed by atoms with E-state index in [0.717, 1.165) is 18.8 Å². The molecule has 82 valence electrons. The van der Waals surface area contributed by atoms with E-state index < -0.39 is 5.54 Å². The van der Waals surface area contributed by atoms with Crippen molar-refractivity contribution in [3.63, 3.8) is 0 Å². The molecule has 0 saturated carbocycles. The van der Waals surface area contributed by atoms with Crippen molar-refractivity contribution >= 4 is 0 Å². The molecule has 0 aliphatic heterocycles. The van der Waals surface area contributed by atoms with Gasteiger partial charge >= 0.3 is 0 Å². The molecule has 0 atom stereocenters. The highest BCUT2D eigenvalue weighted by Crippen LogP contribution is 2.00. The highest BCUT2D eigenvalue weighted by Gasteiger charge is 2.04. The van der Waals surface area contributed by atoms with E-state index in [1.165, 1.54) is 0 Å². The summed E-state index contributed by atoms with van der Waals surface area (Å²) in [4.78, 5) is 4.27. The van der Waals surface area contributed by atoms with Crippen molar-refractivity contribution in [2.45, 2.75) is 45.7 Å². The van der Waals surface area contributed by atoms with Gasteiger partial charge in [-0.1, -0.05) is 18.8 Å². The fraction of sp³-hybridized carbons (Fsp3) is 0.583. The first-order chi connectivity index (χ1) is 7.03. The van der Waals surface area contributed by atoms with Gasteiger partial charge in [-0.05, 0) is 20.3 Å². The minimum atomic E-state index is -0.415. The standard InChI is InChI=1S/C12H19N3/c1-4-9-15-10-8-14-11(15)6-5-7-12(2,3)13/h8,10H,4,6,9,13H2,1-3H3. The van der Waals surface area contributed by atoms with Crippen molar-refractivity contribution in [1.29, 1.82) is 0 Å². The van der Waals surface area contributed by atoms with E-state index in [4.69, 9.17) is 5.73 Å². The van der Waals surface area contributed by atoms with Crippen LogP contribution in [0.3, 0.4) is 0 Å². The summed E-state index contributed by atoms with van der Waals surface area (Å²) in [5.74, 6) is 7.09. The molecule has 0 aliphatic carbocycles. The minimum Gasteiger partial charge on any atom is -0.334 e. The third kappa shape index (κ3) is 4.18. The summed E-state index contributed by atoms with van der Waals surface area (Å²) in [5, 5.41) is 0. The Bertz CT molecular complexity index is 360. The van der Waals surface area contributed by atoms with Crippen LogP contribution in [0.25, 0.3) is 0 Å². The second-order valence-corrected chi connectivity index (χ2v) is 4.24. The molecule has 1 aromatic rings. The van der Waals surface area contributed by atoms with Crippen molar-refractivity contribution < 1.29 is 0 Å². The Morgan fingerprint density at radius 3 is 2.87 bits per heavy atom. The Balaban J connectivity index is 2.63. The average molecular weight is 205 g/mol. The molecular weight excluding hydrogens is 186 g/mol. The van der Waals surface area contributed by atoms with E-state index in [2.05, 4.69) is 28.3 Å². The quantitative estimate of drug-likeness (QED) is 0.761. The second-order valence-electron chi connectivity index (χ2n) is 4.24. The van der Waals surface area contributed by atoms with E-state index in [1.54, 1.807) is 0 Å². The Hall–Kier alpha value is -1.27. The summed E-state index contributed by atoms with van der Waals surface area (Å²) < 4.78 is 2.14. The van der Waals surface area contributed by atoms with Gasteiger partial charge in [0.2, 0.25) is 0 Å². The van der Waals surface area contributed by atoms with E-state index in [-0.39, 0.29) is 0 Å². The lowest BCUT2D eigenvalue weighted by Gasteiger charge is -2.07. The predicted octanol–water partition coefficient (Wildman–Crippen LogP) is 1.58. The molecule has 1 heterocycles. The summed E-state index contributed by atoms with van der Waals surface area (Å²) in [6.45, 7) is 6.96. The summed E-state index contributed by atoms with van der Waals surface area (Å²) in [7, 11) is 0. The summed E-state index contributed by atoms with van der Waals surface area (Å²) in [6, 6.07) is 0. The first-order valence-electron chi connectivity index (χ1n) is 5.32. The van der Waals surface area contributed by atoms with Crippen LogP contribution in [0, 0.1) is 11.8 Å². The molecule has 0 bridgehead atoms. The van der Waals surface area contributed by atoms with Crippen LogP contribution in [0.5, 0.6) is 0 Å². The second kappa shape index (κ2) is 4.99. The van der Waals surface area contributed by atoms with Gasteiger partial charge in [-0.3, -0.25) is 0 Å². The summed E-state index contributed by atoms with van der Waals surface area (Å²) >= 11 is 0. The zero-order valence-electron chi connectivity index (χ0n) is 9.75. The molecule has 0 spiro atoms. The molecule has 3 nitrogen and oxygen atoms in total. The monoisotopic (exact) mass is 205 g/mol. The van der Waals surface area contributed by atoms with Crippen molar-refractivity contribution in [2.75, 3.05) is 0 Å². The Morgan fingerprint density at radius 1 is 1.53 bits per heavy atom. The molecule has 3 heteroatoms. The van der Waals surface area contributed by atoms with E-state index in [0.29, 0.717) is 6.42 Å². The Morgan fingerprint density at radius 2 is 2.27 bits per heavy atom. The van der Waals surface area contributed by atoms with Gasteiger partial charge in [-0.15, -0.1) is 0 Å². The topological polar surface area (TPSA) is 43.8 Å². The third-order valence-corrected chi connectivity index (χ3v) is 1.92. The molecule has 0 saturated heterocycles. The summed E-state index contributed by atoms with van der Waals surface area (Å²) in [6.07, 6.45) is 5.60. The fourth-order valence-corrected chi connectivity index (χ4v) is 1.30. The molecule has 0 fully saturated rings. The van der Waals surface area contributed by atoms with Crippen LogP contribution >= 0.6 is 0 Å². The van der Waals surface area contributed by atoms with Gasteiger partial charge in [-0.25, -0.2) is 4.98 Å².